The lowest BCUT2D eigenvalue weighted by Gasteiger charge is -2.39. The average molecular weight is 277 g/mol. The second-order valence-corrected chi connectivity index (χ2v) is 5.66. The summed E-state index contributed by atoms with van der Waals surface area (Å²) in [5.74, 6) is -0.290. The van der Waals surface area contributed by atoms with Crippen LogP contribution in [0.25, 0.3) is 0 Å². The Morgan fingerprint density at radius 3 is 2.60 bits per heavy atom. The van der Waals surface area contributed by atoms with Crippen molar-refractivity contribution in [2.45, 2.75) is 31.9 Å². The van der Waals surface area contributed by atoms with Crippen LogP contribution in [-0.4, -0.2) is 43.8 Å². The number of hydrogen-bond donors (Lipinski definition) is 0. The summed E-state index contributed by atoms with van der Waals surface area (Å²) in [5, 5.41) is 0. The smallest absolute Gasteiger partial charge is 0.337 e. The van der Waals surface area contributed by atoms with Crippen molar-refractivity contribution in [3.8, 4) is 0 Å². The van der Waals surface area contributed by atoms with Gasteiger partial charge in [0.2, 0.25) is 0 Å². The molecule has 0 radical (unpaired) electrons. The molecule has 1 heterocycles. The van der Waals surface area contributed by atoms with E-state index in [1.54, 1.807) is 7.11 Å². The Morgan fingerprint density at radius 1 is 1.30 bits per heavy atom. The Balaban J connectivity index is 1.98. The number of hydrogen-bond acceptors (Lipinski definition) is 4. The maximum Gasteiger partial charge on any atom is 0.337 e. The number of piperidine rings is 1. The van der Waals surface area contributed by atoms with Crippen molar-refractivity contribution in [3.05, 3.63) is 35.4 Å². The third-order valence-electron chi connectivity index (χ3n) is 4.01. The number of ether oxygens (including phenoxy) is 2. The highest BCUT2D eigenvalue weighted by Crippen LogP contribution is 2.25. The molecule has 1 atom stereocenters. The van der Waals surface area contributed by atoms with E-state index in [1.807, 2.05) is 24.3 Å². The molecule has 0 N–H and O–H groups in total. The molecule has 1 aliphatic rings. The summed E-state index contributed by atoms with van der Waals surface area (Å²) in [6.07, 6.45) is 2.27. The summed E-state index contributed by atoms with van der Waals surface area (Å²) in [4.78, 5) is 13.8. The van der Waals surface area contributed by atoms with Gasteiger partial charge in [-0.3, -0.25) is 4.90 Å². The first-order chi connectivity index (χ1) is 9.56. The van der Waals surface area contributed by atoms with Crippen LogP contribution in [0.15, 0.2) is 24.3 Å². The third-order valence-corrected chi connectivity index (χ3v) is 4.01. The van der Waals surface area contributed by atoms with E-state index in [0.29, 0.717) is 5.56 Å². The fourth-order valence-corrected chi connectivity index (χ4v) is 2.73. The zero-order valence-electron chi connectivity index (χ0n) is 12.5. The van der Waals surface area contributed by atoms with Gasteiger partial charge >= 0.3 is 5.97 Å². The largest absolute Gasteiger partial charge is 0.465 e. The van der Waals surface area contributed by atoms with Crippen LogP contribution in [0.5, 0.6) is 0 Å². The molecule has 1 aromatic carbocycles. The first-order valence-corrected chi connectivity index (χ1v) is 7.01. The lowest BCUT2D eigenvalue weighted by atomic mass is 9.94. The van der Waals surface area contributed by atoms with Crippen LogP contribution in [0.1, 0.15) is 35.7 Å². The van der Waals surface area contributed by atoms with E-state index in [-0.39, 0.29) is 11.6 Å². The van der Waals surface area contributed by atoms with Crippen LogP contribution >= 0.6 is 0 Å². The summed E-state index contributed by atoms with van der Waals surface area (Å²) in [6, 6.07) is 7.62. The predicted octanol–water partition coefficient (Wildman–Crippen LogP) is 2.47. The monoisotopic (exact) mass is 277 g/mol. The van der Waals surface area contributed by atoms with Gasteiger partial charge in [-0.1, -0.05) is 12.1 Å². The molecular weight excluding hydrogens is 254 g/mol. The predicted molar refractivity (Wildman–Crippen MR) is 77.7 cm³/mol. The van der Waals surface area contributed by atoms with E-state index < -0.39 is 0 Å². The fourth-order valence-electron chi connectivity index (χ4n) is 2.73. The Morgan fingerprint density at radius 2 is 2.00 bits per heavy atom. The molecule has 1 unspecified atom stereocenters. The van der Waals surface area contributed by atoms with Crippen LogP contribution in [0.2, 0.25) is 0 Å². The van der Waals surface area contributed by atoms with Gasteiger partial charge in [0.05, 0.1) is 18.3 Å². The van der Waals surface area contributed by atoms with Gasteiger partial charge in [0, 0.05) is 20.2 Å². The van der Waals surface area contributed by atoms with Crippen molar-refractivity contribution in [2.75, 3.05) is 27.3 Å². The Labute approximate surface area is 120 Å². The maximum absolute atomic E-state index is 11.4. The second kappa shape index (κ2) is 6.37. The number of benzene rings is 1. The quantitative estimate of drug-likeness (QED) is 0.793. The molecule has 0 bridgehead atoms. The van der Waals surface area contributed by atoms with E-state index in [9.17, 15) is 4.79 Å². The minimum Gasteiger partial charge on any atom is -0.465 e. The van der Waals surface area contributed by atoms with Gasteiger partial charge in [-0.05, 0) is 44.0 Å². The zero-order valence-corrected chi connectivity index (χ0v) is 12.5. The van der Waals surface area contributed by atoms with Gasteiger partial charge in [0.25, 0.3) is 0 Å². The van der Waals surface area contributed by atoms with Gasteiger partial charge < -0.3 is 9.47 Å². The highest BCUT2D eigenvalue weighted by molar-refractivity contribution is 5.89. The molecule has 4 nitrogen and oxygen atoms in total. The van der Waals surface area contributed by atoms with Gasteiger partial charge in [0.15, 0.2) is 0 Å². The summed E-state index contributed by atoms with van der Waals surface area (Å²) >= 11 is 0. The lowest BCUT2D eigenvalue weighted by Crippen LogP contribution is -2.46. The molecule has 0 aromatic heterocycles. The molecule has 0 aliphatic carbocycles. The van der Waals surface area contributed by atoms with Crippen LogP contribution in [0, 0.1) is 0 Å². The van der Waals surface area contributed by atoms with Crippen LogP contribution < -0.4 is 0 Å². The van der Waals surface area contributed by atoms with Crippen LogP contribution in [0.3, 0.4) is 0 Å². The van der Waals surface area contributed by atoms with Gasteiger partial charge in [-0.2, -0.15) is 0 Å². The Bertz CT molecular complexity index is 457. The van der Waals surface area contributed by atoms with Crippen molar-refractivity contribution in [1.82, 2.24) is 4.90 Å². The Hall–Kier alpha value is -1.39. The number of likely N-dealkylation sites (tertiary alicyclic amines) is 1. The van der Waals surface area contributed by atoms with Crippen molar-refractivity contribution >= 4 is 5.97 Å². The molecule has 0 amide bonds. The summed E-state index contributed by atoms with van der Waals surface area (Å²) in [6.45, 7) is 5.10. The minimum atomic E-state index is -0.290. The SMILES string of the molecule is COC(=O)c1ccc(CN2CCCC(C)(OC)C2)cc1. The summed E-state index contributed by atoms with van der Waals surface area (Å²) in [7, 11) is 3.18. The standard InChI is InChI=1S/C16H23NO3/c1-16(20-3)9-4-10-17(12-16)11-13-5-7-14(8-6-13)15(18)19-2/h5-8H,4,9-12H2,1-3H3. The molecule has 0 spiro atoms. The minimum absolute atomic E-state index is 0.0375. The van der Waals surface area contributed by atoms with E-state index in [1.165, 1.54) is 12.7 Å². The number of rotatable bonds is 4. The molecule has 1 aliphatic heterocycles. The van der Waals surface area contributed by atoms with Crippen LogP contribution in [-0.2, 0) is 16.0 Å². The number of carbonyl (C=O) groups excluding carboxylic acids is 1. The highest BCUT2D eigenvalue weighted by atomic mass is 16.5. The molecule has 1 saturated heterocycles. The number of nitrogens with zero attached hydrogens (tertiary/aromatic N) is 1. The first kappa shape index (κ1) is 15.0. The molecule has 0 saturated carbocycles. The van der Waals surface area contributed by atoms with Crippen LogP contribution in [0.4, 0.5) is 0 Å². The average Bonchev–Trinajstić information content (AvgIpc) is 2.47. The van der Waals surface area contributed by atoms with Crippen molar-refractivity contribution in [3.63, 3.8) is 0 Å². The van der Waals surface area contributed by atoms with Crippen molar-refractivity contribution in [1.29, 1.82) is 0 Å². The molecule has 1 aromatic rings. The van der Waals surface area contributed by atoms with Crippen molar-refractivity contribution in [2.24, 2.45) is 0 Å². The normalized spacial score (nSPS) is 23.6. The van der Waals surface area contributed by atoms with E-state index in [4.69, 9.17) is 9.47 Å². The molecule has 1 fully saturated rings. The molecular formula is C16H23NO3. The van der Waals surface area contributed by atoms with E-state index in [2.05, 4.69) is 11.8 Å². The number of carbonyl (C=O) groups is 1. The molecule has 20 heavy (non-hydrogen) atoms. The lowest BCUT2D eigenvalue weighted by molar-refractivity contribution is -0.0527. The fraction of sp³-hybridized carbons (Fsp3) is 0.562. The summed E-state index contributed by atoms with van der Waals surface area (Å²) < 4.78 is 10.3. The summed E-state index contributed by atoms with van der Waals surface area (Å²) in [5.41, 5.74) is 1.76. The molecule has 110 valence electrons. The molecule has 2 rings (SSSR count). The molecule has 4 heteroatoms. The van der Waals surface area contributed by atoms with E-state index in [0.717, 1.165) is 32.5 Å². The topological polar surface area (TPSA) is 38.8 Å². The second-order valence-electron chi connectivity index (χ2n) is 5.66. The number of esters is 1. The maximum atomic E-state index is 11.4. The highest BCUT2D eigenvalue weighted by Gasteiger charge is 2.30. The van der Waals surface area contributed by atoms with Gasteiger partial charge in [-0.25, -0.2) is 4.79 Å². The number of methoxy groups -OCH3 is 2. The Kier molecular flexibility index (Phi) is 4.78. The van der Waals surface area contributed by atoms with Crippen molar-refractivity contribution < 1.29 is 14.3 Å². The zero-order chi connectivity index (χ0) is 14.6. The van der Waals surface area contributed by atoms with Gasteiger partial charge in [-0.15, -0.1) is 0 Å². The third kappa shape index (κ3) is 3.58. The van der Waals surface area contributed by atoms with Gasteiger partial charge in [0.1, 0.15) is 0 Å². The van der Waals surface area contributed by atoms with E-state index >= 15 is 0 Å². The first-order valence-electron chi connectivity index (χ1n) is 7.01.